The average Bonchev–Trinajstić information content (AvgIpc) is 2.37. The summed E-state index contributed by atoms with van der Waals surface area (Å²) in [6.45, 7) is 5.22. The lowest BCUT2D eigenvalue weighted by atomic mass is 10.1. The van der Waals surface area contributed by atoms with Crippen molar-refractivity contribution in [1.29, 1.82) is 0 Å². The van der Waals surface area contributed by atoms with Crippen molar-refractivity contribution in [1.82, 2.24) is 4.98 Å². The summed E-state index contributed by atoms with van der Waals surface area (Å²) in [5, 5.41) is 0. The van der Waals surface area contributed by atoms with Crippen LogP contribution in [0.5, 0.6) is 0 Å². The zero-order valence-electron chi connectivity index (χ0n) is 12.2. The van der Waals surface area contributed by atoms with Crippen LogP contribution in [0.2, 0.25) is 0 Å². The molecule has 0 spiro atoms. The number of hydrogen-bond acceptors (Lipinski definition) is 5. The molecule has 0 saturated heterocycles. The van der Waals surface area contributed by atoms with Crippen LogP contribution < -0.4 is 11.3 Å². The van der Waals surface area contributed by atoms with Gasteiger partial charge in [-0.1, -0.05) is 17.7 Å². The number of benzene rings is 1. The molecule has 0 unspecified atom stereocenters. The third-order valence-corrected chi connectivity index (χ3v) is 3.85. The first-order valence-corrected chi connectivity index (χ1v) is 7.61. The maximum Gasteiger partial charge on any atom is 0.295 e. The van der Waals surface area contributed by atoms with Crippen LogP contribution in [-0.2, 0) is 10.1 Å². The minimum atomic E-state index is -4.08. The van der Waals surface area contributed by atoms with Crippen molar-refractivity contribution in [3.63, 3.8) is 0 Å². The number of nitrogens with zero attached hydrogens (tertiary/aromatic N) is 1. The number of nitrogens with two attached hydrogens (primary N) is 1. The Bertz CT molecular complexity index is 678. The number of anilines is 1. The number of rotatable bonds is 2. The summed E-state index contributed by atoms with van der Waals surface area (Å²) in [6, 6.07) is 7.12. The van der Waals surface area contributed by atoms with E-state index in [2.05, 4.69) is 10.4 Å². The summed E-state index contributed by atoms with van der Waals surface area (Å²) in [5.74, 6) is 5.06. The Kier molecular flexibility index (Phi) is 5.83. The number of nitrogen functional groups attached to an aromatic ring is 1. The van der Waals surface area contributed by atoms with E-state index < -0.39 is 10.1 Å². The predicted molar refractivity (Wildman–Crippen MR) is 82.5 cm³/mol. The number of aryl methyl sites for hydroxylation is 3. The topological polar surface area (TPSA) is 105 Å². The number of nitrogens with one attached hydrogen (secondary N) is 1. The zero-order valence-corrected chi connectivity index (χ0v) is 13.0. The molecule has 1 aromatic carbocycles. The molecule has 7 heteroatoms. The Balaban J connectivity index is 0.000000235. The Hall–Kier alpha value is -1.96. The lowest BCUT2D eigenvalue weighted by Crippen LogP contribution is -2.06. The Morgan fingerprint density at radius 3 is 2.10 bits per heavy atom. The van der Waals surface area contributed by atoms with Crippen LogP contribution in [0.15, 0.2) is 41.6 Å². The van der Waals surface area contributed by atoms with Crippen molar-refractivity contribution in [2.24, 2.45) is 5.84 Å². The molecule has 114 valence electrons. The van der Waals surface area contributed by atoms with E-state index in [1.807, 2.05) is 19.1 Å². The fraction of sp³-hybridized carbons (Fsp3) is 0.214. The highest BCUT2D eigenvalue weighted by Gasteiger charge is 2.15. The van der Waals surface area contributed by atoms with Crippen molar-refractivity contribution < 1.29 is 13.0 Å². The molecule has 1 aromatic heterocycles. The fourth-order valence-corrected chi connectivity index (χ4v) is 2.95. The molecule has 21 heavy (non-hydrogen) atoms. The second-order valence-corrected chi connectivity index (χ2v) is 5.95. The fourth-order valence-electron chi connectivity index (χ4n) is 2.02. The summed E-state index contributed by atoms with van der Waals surface area (Å²) in [5.41, 5.74) is 5.45. The van der Waals surface area contributed by atoms with E-state index in [4.69, 9.17) is 10.4 Å². The summed E-state index contributed by atoms with van der Waals surface area (Å²) < 4.78 is 30.8. The smallest absolute Gasteiger partial charge is 0.295 e. The molecule has 0 saturated carbocycles. The minimum absolute atomic E-state index is 0.0260. The average molecular weight is 309 g/mol. The number of pyridine rings is 1. The molecule has 2 rings (SSSR count). The van der Waals surface area contributed by atoms with E-state index in [0.29, 0.717) is 11.1 Å². The van der Waals surface area contributed by atoms with E-state index in [-0.39, 0.29) is 4.90 Å². The molecule has 0 aliphatic carbocycles. The van der Waals surface area contributed by atoms with Crippen LogP contribution in [0.25, 0.3) is 0 Å². The molecule has 0 bridgehead atoms. The molecule has 0 aliphatic rings. The molecular weight excluding hydrogens is 290 g/mol. The van der Waals surface area contributed by atoms with Gasteiger partial charge in [0.2, 0.25) is 0 Å². The monoisotopic (exact) mass is 309 g/mol. The summed E-state index contributed by atoms with van der Waals surface area (Å²) in [4.78, 5) is 3.84. The standard InChI is InChI=1S/C9H12O3S.C5H7N3/c1-6-4-7(2)9(8(3)5-6)13(10,11)12;6-8-5-2-1-3-7-4-5/h4-5H,1-3H3,(H,10,11,12);1-4,8H,6H2. The largest absolute Gasteiger partial charge is 0.323 e. The lowest BCUT2D eigenvalue weighted by molar-refractivity contribution is 0.482. The molecule has 2 aromatic rings. The first-order chi connectivity index (χ1) is 9.75. The Morgan fingerprint density at radius 2 is 1.76 bits per heavy atom. The van der Waals surface area contributed by atoms with Gasteiger partial charge in [0, 0.05) is 6.20 Å². The summed E-state index contributed by atoms with van der Waals surface area (Å²) in [7, 11) is -4.08. The second kappa shape index (κ2) is 7.16. The van der Waals surface area contributed by atoms with Crippen LogP contribution in [0.1, 0.15) is 16.7 Å². The third-order valence-electron chi connectivity index (χ3n) is 2.69. The van der Waals surface area contributed by atoms with Gasteiger partial charge in [0.1, 0.15) is 0 Å². The van der Waals surface area contributed by atoms with Gasteiger partial charge in [-0.25, -0.2) is 0 Å². The van der Waals surface area contributed by atoms with E-state index in [9.17, 15) is 8.42 Å². The molecule has 0 amide bonds. The van der Waals surface area contributed by atoms with Crippen molar-refractivity contribution in [2.75, 3.05) is 5.43 Å². The van der Waals surface area contributed by atoms with Gasteiger partial charge in [-0.15, -0.1) is 0 Å². The van der Waals surface area contributed by atoms with E-state index in [1.165, 1.54) is 0 Å². The molecule has 0 aliphatic heterocycles. The van der Waals surface area contributed by atoms with Gasteiger partial charge in [0.25, 0.3) is 10.1 Å². The van der Waals surface area contributed by atoms with Gasteiger partial charge in [0.05, 0.1) is 16.8 Å². The highest BCUT2D eigenvalue weighted by atomic mass is 32.2. The SMILES string of the molecule is Cc1cc(C)c(S(=O)(=O)O)c(C)c1.NNc1cccnc1. The quantitative estimate of drug-likeness (QED) is 0.446. The number of aromatic nitrogens is 1. The molecule has 4 N–H and O–H groups in total. The normalized spacial score (nSPS) is 10.5. The van der Waals surface area contributed by atoms with Crippen molar-refractivity contribution in [3.8, 4) is 0 Å². The first-order valence-electron chi connectivity index (χ1n) is 6.17. The van der Waals surface area contributed by atoms with Crippen molar-refractivity contribution in [3.05, 3.63) is 53.3 Å². The van der Waals surface area contributed by atoms with Crippen LogP contribution in [0, 0.1) is 20.8 Å². The molecule has 0 fully saturated rings. The maximum absolute atomic E-state index is 10.9. The van der Waals surface area contributed by atoms with Crippen LogP contribution in [-0.4, -0.2) is 18.0 Å². The first kappa shape index (κ1) is 17.1. The van der Waals surface area contributed by atoms with Crippen LogP contribution in [0.3, 0.4) is 0 Å². The summed E-state index contributed by atoms with van der Waals surface area (Å²) >= 11 is 0. The van der Waals surface area contributed by atoms with Gasteiger partial charge in [0.15, 0.2) is 0 Å². The molecule has 0 atom stereocenters. The maximum atomic E-state index is 10.9. The van der Waals surface area contributed by atoms with Gasteiger partial charge < -0.3 is 5.43 Å². The van der Waals surface area contributed by atoms with Gasteiger partial charge in [-0.05, 0) is 44.0 Å². The highest BCUT2D eigenvalue weighted by Crippen LogP contribution is 2.20. The van der Waals surface area contributed by atoms with Crippen LogP contribution >= 0.6 is 0 Å². The van der Waals surface area contributed by atoms with Gasteiger partial charge >= 0.3 is 0 Å². The lowest BCUT2D eigenvalue weighted by Gasteiger charge is -2.07. The summed E-state index contributed by atoms with van der Waals surface area (Å²) in [6.07, 6.45) is 3.35. The number of hydrazine groups is 1. The van der Waals surface area contributed by atoms with Crippen molar-refractivity contribution in [2.45, 2.75) is 25.7 Å². The molecule has 0 radical (unpaired) electrons. The van der Waals surface area contributed by atoms with Gasteiger partial charge in [-0.3, -0.25) is 15.4 Å². The molecule has 1 heterocycles. The minimum Gasteiger partial charge on any atom is -0.323 e. The third kappa shape index (κ3) is 5.14. The predicted octanol–water partition coefficient (Wildman–Crippen LogP) is 2.23. The van der Waals surface area contributed by atoms with Crippen LogP contribution in [0.4, 0.5) is 5.69 Å². The van der Waals surface area contributed by atoms with E-state index >= 15 is 0 Å². The van der Waals surface area contributed by atoms with E-state index in [0.717, 1.165) is 11.3 Å². The second-order valence-electron chi connectivity index (χ2n) is 4.59. The highest BCUT2D eigenvalue weighted by molar-refractivity contribution is 7.86. The van der Waals surface area contributed by atoms with Crippen molar-refractivity contribution >= 4 is 15.8 Å². The molecular formula is C14H19N3O3S. The van der Waals surface area contributed by atoms with Gasteiger partial charge in [-0.2, -0.15) is 8.42 Å². The van der Waals surface area contributed by atoms with E-state index in [1.54, 1.807) is 38.4 Å². The Labute approximate surface area is 124 Å². The zero-order chi connectivity index (χ0) is 16.0. The molecule has 6 nitrogen and oxygen atoms in total. The number of hydrogen-bond donors (Lipinski definition) is 3. The Morgan fingerprint density at radius 1 is 1.19 bits per heavy atom.